The van der Waals surface area contributed by atoms with Crippen LogP contribution in [0.4, 0.5) is 27.6 Å². The first-order valence-corrected chi connectivity index (χ1v) is 25.2. The van der Waals surface area contributed by atoms with Crippen LogP contribution in [0.15, 0.2) is 107 Å². The van der Waals surface area contributed by atoms with E-state index in [9.17, 15) is 14.4 Å². The molecule has 22 heteroatoms. The summed E-state index contributed by atoms with van der Waals surface area (Å²) in [5.41, 5.74) is 22.1. The lowest BCUT2D eigenvalue weighted by atomic mass is 10.1. The molecule has 0 aliphatic carbocycles. The van der Waals surface area contributed by atoms with E-state index in [0.717, 1.165) is 40.3 Å². The molecule has 3 heterocycles. The third kappa shape index (κ3) is 19.2. The van der Waals surface area contributed by atoms with Crippen LogP contribution in [-0.4, -0.2) is 102 Å². The molecule has 3 aromatic carbocycles. The highest BCUT2D eigenvalue weighted by atomic mass is 32.2. The number of hydrazine groups is 1. The van der Waals surface area contributed by atoms with Gasteiger partial charge in [0.05, 0.1) is 31.6 Å². The summed E-state index contributed by atoms with van der Waals surface area (Å²) in [4.78, 5) is 53.0. The van der Waals surface area contributed by atoms with Crippen LogP contribution in [0.25, 0.3) is 11.3 Å². The molecule has 12 N–H and O–H groups in total. The molecular weight excluding hydrogens is 959 g/mol. The predicted octanol–water partition coefficient (Wildman–Crippen LogP) is 6.05. The van der Waals surface area contributed by atoms with Gasteiger partial charge < -0.3 is 37.9 Å². The van der Waals surface area contributed by atoms with Crippen molar-refractivity contribution in [1.82, 2.24) is 30.6 Å². The van der Waals surface area contributed by atoms with Gasteiger partial charge in [0.25, 0.3) is 11.8 Å². The van der Waals surface area contributed by atoms with Crippen LogP contribution in [0, 0.1) is 17.3 Å². The van der Waals surface area contributed by atoms with Gasteiger partial charge in [0.2, 0.25) is 5.13 Å². The fourth-order valence-corrected chi connectivity index (χ4v) is 7.74. The molecule has 0 saturated carbocycles. The van der Waals surface area contributed by atoms with Gasteiger partial charge in [-0.05, 0) is 24.1 Å². The molecule has 374 valence electrons. The summed E-state index contributed by atoms with van der Waals surface area (Å²) in [5.74, 6) is 12.9. The van der Waals surface area contributed by atoms with E-state index < -0.39 is 5.91 Å². The van der Waals surface area contributed by atoms with Crippen LogP contribution >= 0.6 is 34.4 Å². The smallest absolute Gasteiger partial charge is 0.296 e. The molecule has 0 fully saturated rings. The Balaban J connectivity index is 0.000000329. The van der Waals surface area contributed by atoms with Gasteiger partial charge in [0, 0.05) is 67.0 Å². The zero-order chi connectivity index (χ0) is 51.4. The molecule has 19 nitrogen and oxygen atoms in total. The topological polar surface area (TPSA) is 295 Å². The van der Waals surface area contributed by atoms with Crippen LogP contribution in [0.3, 0.4) is 0 Å². The number of nitrogens with one attached hydrogen (secondary N) is 4. The van der Waals surface area contributed by atoms with Crippen molar-refractivity contribution in [2.45, 2.75) is 45.3 Å². The van der Waals surface area contributed by atoms with E-state index >= 15 is 0 Å². The molecule has 0 spiro atoms. The van der Waals surface area contributed by atoms with Gasteiger partial charge in [-0.15, -0.1) is 11.3 Å². The number of hydrogen-bond acceptors (Lipinski definition) is 20. The van der Waals surface area contributed by atoms with Gasteiger partial charge in [0.15, 0.2) is 28.2 Å². The molecule has 0 atom stereocenters. The Hall–Kier alpha value is -7.26. The lowest BCUT2D eigenvalue weighted by Gasteiger charge is -2.21. The number of thiazole rings is 2. The number of aldehydes is 1. The lowest BCUT2D eigenvalue weighted by Crippen LogP contribution is -2.32. The van der Waals surface area contributed by atoms with Gasteiger partial charge in [-0.1, -0.05) is 129 Å². The Morgan fingerprint density at radius 2 is 1.61 bits per heavy atom. The Labute approximate surface area is 426 Å². The number of nitrogens with two attached hydrogens (primary N) is 4. The Bertz CT molecular complexity index is 2690. The number of nitrogens with zero attached hydrogens (tertiary/aromatic N) is 7. The molecule has 0 saturated heterocycles. The number of carbonyl (C=O) groups excluding carboxylic acids is 3. The Kier molecular flexibility index (Phi) is 24.6. The van der Waals surface area contributed by atoms with Crippen molar-refractivity contribution in [2.24, 2.45) is 16.7 Å². The highest BCUT2D eigenvalue weighted by Gasteiger charge is 2.17. The minimum Gasteiger partial charge on any atom is -0.393 e. The van der Waals surface area contributed by atoms with Gasteiger partial charge in [0.1, 0.15) is 22.0 Å². The van der Waals surface area contributed by atoms with Gasteiger partial charge in [-0.25, -0.2) is 30.8 Å². The van der Waals surface area contributed by atoms with Crippen molar-refractivity contribution in [2.75, 3.05) is 79.0 Å². The van der Waals surface area contributed by atoms with Crippen molar-refractivity contribution in [1.29, 1.82) is 5.41 Å². The summed E-state index contributed by atoms with van der Waals surface area (Å²) in [6.45, 7) is 8.80. The molecule has 6 aromatic rings. The molecule has 0 bridgehead atoms. The fourth-order valence-electron chi connectivity index (χ4n) is 5.70. The number of hydrogen-bond donors (Lipinski definition) is 8. The molecule has 0 unspecified atom stereocenters. The zero-order valence-corrected chi connectivity index (χ0v) is 42.6. The molecule has 0 radical (unpaired) electrons. The van der Waals surface area contributed by atoms with Crippen molar-refractivity contribution < 1.29 is 19.1 Å². The molecule has 6 rings (SSSR count). The summed E-state index contributed by atoms with van der Waals surface area (Å²) in [6, 6.07) is 26.5. The summed E-state index contributed by atoms with van der Waals surface area (Å²) in [6.07, 6.45) is 4.15. The first kappa shape index (κ1) is 56.3. The average molecular weight is 1020 g/mol. The number of thioether (sulfide) groups is 1. The van der Waals surface area contributed by atoms with Crippen LogP contribution in [-0.2, 0) is 20.9 Å². The highest BCUT2D eigenvalue weighted by Crippen LogP contribution is 2.30. The molecule has 0 aliphatic heterocycles. The van der Waals surface area contributed by atoms with Crippen molar-refractivity contribution in [3.05, 3.63) is 118 Å². The normalized spacial score (nSPS) is 10.5. The number of benzene rings is 3. The second kappa shape index (κ2) is 31.1. The van der Waals surface area contributed by atoms with Crippen LogP contribution < -0.4 is 49.0 Å². The second-order valence-electron chi connectivity index (χ2n) is 14.9. The van der Waals surface area contributed by atoms with Gasteiger partial charge in [-0.3, -0.25) is 24.8 Å². The van der Waals surface area contributed by atoms with E-state index in [4.69, 9.17) is 33.2 Å². The average Bonchev–Trinajstić information content (AvgIpc) is 4.07. The zero-order valence-electron chi connectivity index (χ0n) is 40.2. The lowest BCUT2D eigenvalue weighted by molar-refractivity contribution is -0.115. The summed E-state index contributed by atoms with van der Waals surface area (Å²) < 4.78 is 5.42. The Morgan fingerprint density at radius 3 is 2.24 bits per heavy atom. The van der Waals surface area contributed by atoms with E-state index in [1.54, 1.807) is 12.1 Å². The van der Waals surface area contributed by atoms with E-state index in [1.807, 2.05) is 90.3 Å². The number of carbonyl (C=O) groups is 3. The van der Waals surface area contributed by atoms with Crippen molar-refractivity contribution in [3.63, 3.8) is 0 Å². The first-order chi connectivity index (χ1) is 34.4. The molecule has 2 amide bonds. The third-order valence-electron chi connectivity index (χ3n) is 9.00. The quantitative estimate of drug-likeness (QED) is 0.00561. The number of amides is 2. The highest BCUT2D eigenvalue weighted by molar-refractivity contribution is 7.99. The largest absolute Gasteiger partial charge is 0.393 e. The summed E-state index contributed by atoms with van der Waals surface area (Å²) >= 11 is 4.10. The number of rotatable bonds is 22. The predicted molar refractivity (Wildman–Crippen MR) is 290 cm³/mol. The third-order valence-corrected chi connectivity index (χ3v) is 11.8. The van der Waals surface area contributed by atoms with Crippen molar-refractivity contribution >= 4 is 91.5 Å². The number of aromatic nitrogens is 4. The number of ether oxygens (including phenoxy) is 1. The van der Waals surface area contributed by atoms with E-state index in [1.165, 1.54) is 40.7 Å². The van der Waals surface area contributed by atoms with Crippen LogP contribution in [0.5, 0.6) is 0 Å². The van der Waals surface area contributed by atoms with E-state index in [0.29, 0.717) is 93.5 Å². The summed E-state index contributed by atoms with van der Waals surface area (Å²) in [7, 11) is 1.76. The van der Waals surface area contributed by atoms with E-state index in [-0.39, 0.29) is 24.8 Å². The van der Waals surface area contributed by atoms with Crippen molar-refractivity contribution in [3.8, 4) is 23.1 Å². The van der Waals surface area contributed by atoms with Gasteiger partial charge >= 0.3 is 0 Å². The van der Waals surface area contributed by atoms with Crippen LogP contribution in [0.2, 0.25) is 0 Å². The van der Waals surface area contributed by atoms with Crippen LogP contribution in [0.1, 0.15) is 60.0 Å². The molecule has 3 aromatic heterocycles. The maximum absolute atomic E-state index is 12.1. The molecule has 71 heavy (non-hydrogen) atoms. The summed E-state index contributed by atoms with van der Waals surface area (Å²) in [5, 5.41) is 27.5. The monoisotopic (exact) mass is 1020 g/mol. The SMILES string of the molecule is CCC.CCCSc1nc(NCCN)c(N)c(N(N)Cc2ccc(C#CC(=O)NCCOCCNC(=O)c3cnc(N)s3)cc2)n1.CN(/N=C(\C(=N)C=O)c1ccccc1)c1nc(-c2ccccc2)cs1. The number of anilines is 5. The molecule has 0 aliphatic rings. The maximum atomic E-state index is 12.1. The molecular formula is C49H61N15O4S3. The fraction of sp³-hybridized carbons (Fsp3) is 0.286. The number of hydrazone groups is 1. The minimum atomic E-state index is -0.424. The number of nitrogen functional groups attached to an aromatic ring is 2. The first-order valence-electron chi connectivity index (χ1n) is 22.6. The van der Waals surface area contributed by atoms with E-state index in [2.05, 4.69) is 73.6 Å². The standard InChI is InChI=1S/C27H37N11O3S2.C19H16N4OS.C3H8/c1-2-15-42-27-36-23(33-10-9-28)22(29)24(37-27)38(31)17-19-5-3-18(4-6-19)7-8-21(39)32-11-13-41-14-12-34-25(40)20-16-35-26(30)43-20;1-23(19-21-17(13-25-19)14-8-4-2-5-9-14)22-18(16(20)12-24)15-10-6-3-7-11-15;1-3-2/h3-6,16H,2,9-15,17,28-29,31H2,1H3,(H2,30,35)(H,32,39)(H,34,40)(H,33,36,37);2-13,20H,1H3;3H2,1-2H3/b;20-16?,22-18-;. The Morgan fingerprint density at radius 1 is 0.930 bits per heavy atom. The minimum absolute atomic E-state index is 0.169. The van der Waals surface area contributed by atoms with Gasteiger partial charge in [-0.2, -0.15) is 5.10 Å². The maximum Gasteiger partial charge on any atom is 0.296 e. The second-order valence-corrected chi connectivity index (χ2v) is 17.8.